The third kappa shape index (κ3) is 20.5. The summed E-state index contributed by atoms with van der Waals surface area (Å²) in [7, 11) is 0. The first-order valence-corrected chi connectivity index (χ1v) is 11.5. The number of rotatable bonds is 7. The molecule has 0 aromatic carbocycles. The molecule has 42 heavy (non-hydrogen) atoms. The summed E-state index contributed by atoms with van der Waals surface area (Å²) in [5, 5.41) is 0. The maximum atomic E-state index is 13.0. The van der Waals surface area contributed by atoms with Gasteiger partial charge in [0.2, 0.25) is 0 Å². The van der Waals surface area contributed by atoms with Crippen molar-refractivity contribution >= 4 is 0 Å². The van der Waals surface area contributed by atoms with Crippen LogP contribution in [0.4, 0.5) is 87.8 Å². The Balaban J connectivity index is -0.000000156. The number of hydrogen-bond acceptors (Lipinski definition) is 0. The van der Waals surface area contributed by atoms with E-state index < -0.39 is 86.9 Å². The van der Waals surface area contributed by atoms with E-state index in [1.165, 1.54) is 0 Å². The fourth-order valence-corrected chi connectivity index (χ4v) is 2.03. The number of unbranched alkanes of at least 4 members (excludes halogenated alkanes) is 3. The molecule has 0 aliphatic rings. The van der Waals surface area contributed by atoms with Crippen LogP contribution in [-0.4, -0.2) is 48.4 Å². The van der Waals surface area contributed by atoms with Gasteiger partial charge in [0.15, 0.2) is 0 Å². The molecule has 0 unspecified atom stereocenters. The van der Waals surface area contributed by atoms with Gasteiger partial charge in [0.25, 0.3) is 11.3 Å². The lowest BCUT2D eigenvalue weighted by atomic mass is 9.96. The van der Waals surface area contributed by atoms with Crippen LogP contribution in [0.2, 0.25) is 0 Å². The van der Waals surface area contributed by atoms with E-state index >= 15 is 0 Å². The molecule has 262 valence electrons. The second-order valence-corrected chi connectivity index (χ2v) is 8.09. The summed E-state index contributed by atoms with van der Waals surface area (Å²) in [5.41, 5.74) is -10.2. The van der Waals surface area contributed by atoms with Gasteiger partial charge in [0.05, 0.1) is 0 Å². The summed E-state index contributed by atoms with van der Waals surface area (Å²) in [6.07, 6.45) is -35.8. The fourth-order valence-electron chi connectivity index (χ4n) is 2.03. The van der Waals surface area contributed by atoms with E-state index in [0.29, 0.717) is 12.8 Å². The monoisotopic (exact) mass is 678 g/mol. The lowest BCUT2D eigenvalue weighted by Crippen LogP contribution is -2.53. The maximum Gasteiger partial charge on any atom is 0.431 e. The fraction of sp³-hybridized carbons (Fsp3) is 1.00. The molecule has 0 aromatic rings. The highest BCUT2D eigenvalue weighted by molar-refractivity contribution is 4.94. The van der Waals surface area contributed by atoms with Crippen molar-refractivity contribution in [2.45, 2.75) is 141 Å². The molecular formula is C22H34F20. The maximum absolute atomic E-state index is 13.0. The second-order valence-electron chi connectivity index (χ2n) is 8.09. The molecule has 0 atom stereocenters. The van der Waals surface area contributed by atoms with E-state index in [0.717, 1.165) is 20.8 Å². The van der Waals surface area contributed by atoms with E-state index in [1.54, 1.807) is 6.92 Å². The van der Waals surface area contributed by atoms with Crippen molar-refractivity contribution in [3.63, 3.8) is 0 Å². The van der Waals surface area contributed by atoms with Crippen LogP contribution in [0, 0.1) is 0 Å². The van der Waals surface area contributed by atoms with Crippen LogP contribution in [0.15, 0.2) is 0 Å². The van der Waals surface area contributed by atoms with Crippen LogP contribution in [0.3, 0.4) is 0 Å². The van der Waals surface area contributed by atoms with Gasteiger partial charge in [-0.3, -0.25) is 0 Å². The summed E-state index contributed by atoms with van der Waals surface area (Å²) in [5.74, 6) is 0. The lowest BCUT2D eigenvalue weighted by molar-refractivity contribution is -0.344. The predicted octanol–water partition coefficient (Wildman–Crippen LogP) is 13.0. The first kappa shape index (κ1) is 50.2. The van der Waals surface area contributed by atoms with Gasteiger partial charge in [-0.05, 0) is 19.3 Å². The molecule has 0 aliphatic heterocycles. The normalized spacial score (nSPS) is 13.4. The van der Waals surface area contributed by atoms with Crippen molar-refractivity contribution in [2.75, 3.05) is 0 Å². The Morgan fingerprint density at radius 1 is 0.333 bits per heavy atom. The highest BCUT2D eigenvalue weighted by Crippen LogP contribution is 2.50. The molecular weight excluding hydrogens is 644 g/mol. The van der Waals surface area contributed by atoms with Gasteiger partial charge < -0.3 is 0 Å². The van der Waals surface area contributed by atoms with E-state index in [9.17, 15) is 87.8 Å². The van der Waals surface area contributed by atoms with Crippen LogP contribution in [0.25, 0.3) is 0 Å². The van der Waals surface area contributed by atoms with Gasteiger partial charge in [0, 0.05) is 12.8 Å². The van der Waals surface area contributed by atoms with Crippen molar-refractivity contribution in [1.82, 2.24) is 0 Å². The summed E-state index contributed by atoms with van der Waals surface area (Å²) in [4.78, 5) is 0. The second kappa shape index (κ2) is 19.1. The minimum atomic E-state index is -5.91. The molecule has 0 nitrogen and oxygen atoms in total. The Labute approximate surface area is 230 Å². The van der Waals surface area contributed by atoms with E-state index in [-0.39, 0.29) is 13.8 Å². The molecule has 0 amide bonds. The van der Waals surface area contributed by atoms with Crippen molar-refractivity contribution in [3.8, 4) is 0 Å². The molecule has 0 bridgehead atoms. The Kier molecular flexibility index (Phi) is 22.8. The average molecular weight is 678 g/mol. The lowest BCUT2D eigenvalue weighted by Gasteiger charge is -2.29. The SMILES string of the molecule is C.CCC(F)(F)F.CCC(F)(F)F.CCCC(F)(C(F)(F)F)C(F)(F)F.CCCCCCC(F)(C(F)(F)F)C(F)(F)F. The zero-order chi connectivity index (χ0) is 34.4. The van der Waals surface area contributed by atoms with Crippen molar-refractivity contribution in [2.24, 2.45) is 0 Å². The molecule has 0 N–H and O–H groups in total. The van der Waals surface area contributed by atoms with E-state index in [1.807, 2.05) is 0 Å². The molecule has 0 spiro atoms. The third-order valence-corrected chi connectivity index (χ3v) is 4.57. The molecule has 0 saturated carbocycles. The first-order chi connectivity index (χ1) is 17.7. The van der Waals surface area contributed by atoms with Crippen molar-refractivity contribution in [1.29, 1.82) is 0 Å². The summed E-state index contributed by atoms with van der Waals surface area (Å²) in [6, 6.07) is 0. The smallest absolute Gasteiger partial charge is 0.224 e. The predicted molar refractivity (Wildman–Crippen MR) is 115 cm³/mol. The first-order valence-electron chi connectivity index (χ1n) is 11.5. The van der Waals surface area contributed by atoms with Gasteiger partial charge in [-0.15, -0.1) is 0 Å². The molecule has 0 fully saturated rings. The summed E-state index contributed by atoms with van der Waals surface area (Å²) < 4.78 is 232. The van der Waals surface area contributed by atoms with Gasteiger partial charge in [-0.25, -0.2) is 8.78 Å². The minimum absolute atomic E-state index is 0. The minimum Gasteiger partial charge on any atom is -0.224 e. The molecule has 0 radical (unpaired) electrons. The topological polar surface area (TPSA) is 0 Å². The Hall–Kier alpha value is -1.40. The average Bonchev–Trinajstić information content (AvgIpc) is 2.74. The van der Waals surface area contributed by atoms with Crippen LogP contribution < -0.4 is 0 Å². The largest absolute Gasteiger partial charge is 0.431 e. The summed E-state index contributed by atoms with van der Waals surface area (Å²) in [6.45, 7) is 4.96. The zero-order valence-corrected chi connectivity index (χ0v) is 21.9. The van der Waals surface area contributed by atoms with Gasteiger partial charge in [-0.1, -0.05) is 60.8 Å². The van der Waals surface area contributed by atoms with Gasteiger partial charge in [-0.2, -0.15) is 79.0 Å². The van der Waals surface area contributed by atoms with Gasteiger partial charge >= 0.3 is 37.1 Å². The Morgan fingerprint density at radius 2 is 0.571 bits per heavy atom. The van der Waals surface area contributed by atoms with Crippen LogP contribution >= 0.6 is 0 Å². The van der Waals surface area contributed by atoms with Crippen LogP contribution in [0.1, 0.15) is 92.9 Å². The van der Waals surface area contributed by atoms with Crippen LogP contribution in [0.5, 0.6) is 0 Å². The highest BCUT2D eigenvalue weighted by Gasteiger charge is 2.72. The quantitative estimate of drug-likeness (QED) is 0.186. The highest BCUT2D eigenvalue weighted by atomic mass is 19.4. The summed E-state index contributed by atoms with van der Waals surface area (Å²) >= 11 is 0. The number of hydrogen-bond donors (Lipinski definition) is 0. The molecule has 0 rings (SSSR count). The van der Waals surface area contributed by atoms with Crippen molar-refractivity contribution < 1.29 is 87.8 Å². The van der Waals surface area contributed by atoms with Crippen molar-refractivity contribution in [3.05, 3.63) is 0 Å². The van der Waals surface area contributed by atoms with E-state index in [4.69, 9.17) is 0 Å². The molecule has 20 heteroatoms. The van der Waals surface area contributed by atoms with E-state index in [2.05, 4.69) is 0 Å². The Morgan fingerprint density at radius 3 is 0.714 bits per heavy atom. The molecule has 0 aromatic heterocycles. The molecule has 0 heterocycles. The molecule has 0 saturated heterocycles. The van der Waals surface area contributed by atoms with Crippen LogP contribution in [-0.2, 0) is 0 Å². The third-order valence-electron chi connectivity index (χ3n) is 4.57. The Bertz CT molecular complexity index is 604. The van der Waals surface area contributed by atoms with Gasteiger partial charge in [0.1, 0.15) is 0 Å². The zero-order valence-electron chi connectivity index (χ0n) is 21.9. The number of halogens is 20. The molecule has 0 aliphatic carbocycles. The number of alkyl halides is 20. The standard InChI is InChI=1S/C9H13F7.C6H7F7.2C3H5F3.CH4/c1-2-3-4-5-6-7(10,8(11,12)13)9(14,15)16;1-2-3-4(7,5(8,9)10)6(11,12)13;2*1-2-3(4,5)6;/h2-6H2,1H3;2-3H2,1H3;2*2H2,1H3;1H4.